The number of hydrogen-bond donors (Lipinski definition) is 1. The summed E-state index contributed by atoms with van der Waals surface area (Å²) in [4.78, 5) is 4.46. The first-order chi connectivity index (χ1) is 9.13. The molecule has 4 heteroatoms. The molecule has 1 rings (SSSR count). The molecule has 0 aliphatic carbocycles. The van der Waals surface area contributed by atoms with E-state index in [-0.39, 0.29) is 0 Å². The van der Waals surface area contributed by atoms with Gasteiger partial charge in [0.15, 0.2) is 0 Å². The third-order valence-corrected chi connectivity index (χ3v) is 3.03. The standard InChI is InChI=1S/C15H27N3O/c1-17(2)15-7-5-6-14(12-15)13-18(3)10-8-16-9-11-19-4/h5-7,12,16H,8-11,13H2,1-4H3. The zero-order valence-corrected chi connectivity index (χ0v) is 12.6. The van der Waals surface area contributed by atoms with Crippen molar-refractivity contribution >= 4 is 5.69 Å². The van der Waals surface area contributed by atoms with Gasteiger partial charge in [-0.1, -0.05) is 12.1 Å². The van der Waals surface area contributed by atoms with Crippen LogP contribution in [0.4, 0.5) is 5.69 Å². The molecule has 0 bridgehead atoms. The summed E-state index contributed by atoms with van der Waals surface area (Å²) in [6, 6.07) is 8.68. The Labute approximate surface area is 117 Å². The minimum absolute atomic E-state index is 0.772. The summed E-state index contributed by atoms with van der Waals surface area (Å²) in [5, 5.41) is 3.36. The van der Waals surface area contributed by atoms with E-state index < -0.39 is 0 Å². The molecule has 0 aliphatic rings. The van der Waals surface area contributed by atoms with Crippen LogP contribution in [0.5, 0.6) is 0 Å². The number of hydrogen-bond acceptors (Lipinski definition) is 4. The SMILES string of the molecule is COCCNCCN(C)Cc1cccc(N(C)C)c1. The lowest BCUT2D eigenvalue weighted by molar-refractivity contribution is 0.197. The van der Waals surface area contributed by atoms with E-state index in [1.807, 2.05) is 0 Å². The van der Waals surface area contributed by atoms with Gasteiger partial charge in [0.1, 0.15) is 0 Å². The smallest absolute Gasteiger partial charge is 0.0587 e. The van der Waals surface area contributed by atoms with Gasteiger partial charge in [0.25, 0.3) is 0 Å². The van der Waals surface area contributed by atoms with Crippen molar-refractivity contribution in [1.82, 2.24) is 10.2 Å². The van der Waals surface area contributed by atoms with Crippen LogP contribution in [0, 0.1) is 0 Å². The molecule has 1 aromatic rings. The fourth-order valence-corrected chi connectivity index (χ4v) is 1.89. The topological polar surface area (TPSA) is 27.7 Å². The van der Waals surface area contributed by atoms with E-state index in [2.05, 4.69) is 60.5 Å². The summed E-state index contributed by atoms with van der Waals surface area (Å²) in [6.45, 7) is 4.70. The molecule has 0 fully saturated rings. The van der Waals surface area contributed by atoms with Gasteiger partial charge in [-0.2, -0.15) is 0 Å². The molecule has 108 valence electrons. The molecule has 0 unspecified atom stereocenters. The highest BCUT2D eigenvalue weighted by Crippen LogP contribution is 2.14. The molecule has 0 amide bonds. The highest BCUT2D eigenvalue weighted by Gasteiger charge is 2.02. The monoisotopic (exact) mass is 265 g/mol. The quantitative estimate of drug-likeness (QED) is 0.684. The molecule has 0 saturated heterocycles. The highest BCUT2D eigenvalue weighted by atomic mass is 16.5. The molecule has 0 spiro atoms. The van der Waals surface area contributed by atoms with Crippen molar-refractivity contribution in [2.45, 2.75) is 6.54 Å². The molecule has 4 nitrogen and oxygen atoms in total. The van der Waals surface area contributed by atoms with Gasteiger partial charge in [-0.25, -0.2) is 0 Å². The summed E-state index contributed by atoms with van der Waals surface area (Å²) in [5.74, 6) is 0. The number of ether oxygens (including phenoxy) is 1. The van der Waals surface area contributed by atoms with Crippen LogP contribution in [-0.4, -0.2) is 59.4 Å². The van der Waals surface area contributed by atoms with Crippen molar-refractivity contribution in [2.24, 2.45) is 0 Å². The van der Waals surface area contributed by atoms with Gasteiger partial charge in [-0.05, 0) is 24.7 Å². The second-order valence-corrected chi connectivity index (χ2v) is 5.04. The maximum Gasteiger partial charge on any atom is 0.0587 e. The second-order valence-electron chi connectivity index (χ2n) is 5.04. The van der Waals surface area contributed by atoms with Crippen LogP contribution < -0.4 is 10.2 Å². The molecule has 0 heterocycles. The molecule has 0 aromatic heterocycles. The number of rotatable bonds is 9. The van der Waals surface area contributed by atoms with E-state index in [1.54, 1.807) is 7.11 Å². The Kier molecular flexibility index (Phi) is 7.48. The Balaban J connectivity index is 2.31. The van der Waals surface area contributed by atoms with Crippen LogP contribution in [0.3, 0.4) is 0 Å². The minimum Gasteiger partial charge on any atom is -0.383 e. The molecule has 0 radical (unpaired) electrons. The Hall–Kier alpha value is -1.10. The fourth-order valence-electron chi connectivity index (χ4n) is 1.89. The number of nitrogens with one attached hydrogen (secondary N) is 1. The van der Waals surface area contributed by atoms with Crippen LogP contribution in [0.1, 0.15) is 5.56 Å². The second kappa shape index (κ2) is 8.91. The average molecular weight is 265 g/mol. The van der Waals surface area contributed by atoms with Gasteiger partial charge < -0.3 is 19.9 Å². The van der Waals surface area contributed by atoms with Gasteiger partial charge in [-0.3, -0.25) is 0 Å². The van der Waals surface area contributed by atoms with E-state index in [9.17, 15) is 0 Å². The first-order valence-electron chi connectivity index (χ1n) is 6.78. The normalized spacial score (nSPS) is 11.0. The van der Waals surface area contributed by atoms with E-state index >= 15 is 0 Å². The first kappa shape index (κ1) is 16.0. The van der Waals surface area contributed by atoms with Crippen molar-refractivity contribution in [3.63, 3.8) is 0 Å². The van der Waals surface area contributed by atoms with Crippen molar-refractivity contribution in [1.29, 1.82) is 0 Å². The highest BCUT2D eigenvalue weighted by molar-refractivity contribution is 5.47. The van der Waals surface area contributed by atoms with Gasteiger partial charge in [0.2, 0.25) is 0 Å². The molecular formula is C15H27N3O. The molecule has 1 N–H and O–H groups in total. The lowest BCUT2D eigenvalue weighted by Crippen LogP contribution is -2.30. The van der Waals surface area contributed by atoms with Crippen molar-refractivity contribution in [2.75, 3.05) is 59.4 Å². The predicted molar refractivity (Wildman–Crippen MR) is 81.8 cm³/mol. The van der Waals surface area contributed by atoms with Crippen LogP contribution >= 0.6 is 0 Å². The van der Waals surface area contributed by atoms with Crippen molar-refractivity contribution < 1.29 is 4.74 Å². The maximum atomic E-state index is 5.00. The summed E-state index contributed by atoms with van der Waals surface area (Å²) in [5.41, 5.74) is 2.61. The zero-order valence-electron chi connectivity index (χ0n) is 12.6. The number of anilines is 1. The molecule has 0 aliphatic heterocycles. The first-order valence-corrected chi connectivity index (χ1v) is 6.78. The molecule has 19 heavy (non-hydrogen) atoms. The largest absolute Gasteiger partial charge is 0.383 e. The molecule has 1 aromatic carbocycles. The lowest BCUT2D eigenvalue weighted by atomic mass is 10.2. The number of likely N-dealkylation sites (N-methyl/N-ethyl adjacent to an activating group) is 1. The predicted octanol–water partition coefficient (Wildman–Crippen LogP) is 1.42. The zero-order chi connectivity index (χ0) is 14.1. The van der Waals surface area contributed by atoms with E-state index in [0.717, 1.165) is 32.8 Å². The van der Waals surface area contributed by atoms with E-state index in [4.69, 9.17) is 4.74 Å². The van der Waals surface area contributed by atoms with Crippen LogP contribution in [0.2, 0.25) is 0 Å². The maximum absolute atomic E-state index is 5.00. The van der Waals surface area contributed by atoms with Crippen molar-refractivity contribution in [3.05, 3.63) is 29.8 Å². The Morgan fingerprint density at radius 3 is 2.63 bits per heavy atom. The van der Waals surface area contributed by atoms with E-state index in [1.165, 1.54) is 11.3 Å². The van der Waals surface area contributed by atoms with Gasteiger partial charge in [0.05, 0.1) is 6.61 Å². The van der Waals surface area contributed by atoms with Crippen LogP contribution in [-0.2, 0) is 11.3 Å². The molecule has 0 atom stereocenters. The van der Waals surface area contributed by atoms with E-state index in [0.29, 0.717) is 0 Å². The summed E-state index contributed by atoms with van der Waals surface area (Å²) in [7, 11) is 8.02. The Bertz CT molecular complexity index is 355. The third-order valence-electron chi connectivity index (χ3n) is 3.03. The molecule has 0 saturated carbocycles. The number of benzene rings is 1. The van der Waals surface area contributed by atoms with Gasteiger partial charge >= 0.3 is 0 Å². The van der Waals surface area contributed by atoms with Gasteiger partial charge in [0, 0.05) is 53.1 Å². The Morgan fingerprint density at radius 1 is 1.16 bits per heavy atom. The fraction of sp³-hybridized carbons (Fsp3) is 0.600. The average Bonchev–Trinajstić information content (AvgIpc) is 2.38. The summed E-state index contributed by atoms with van der Waals surface area (Å²) < 4.78 is 5.00. The van der Waals surface area contributed by atoms with Gasteiger partial charge in [-0.15, -0.1) is 0 Å². The van der Waals surface area contributed by atoms with Crippen molar-refractivity contribution in [3.8, 4) is 0 Å². The molecular weight excluding hydrogens is 238 g/mol. The number of methoxy groups -OCH3 is 1. The summed E-state index contributed by atoms with van der Waals surface area (Å²) >= 11 is 0. The lowest BCUT2D eigenvalue weighted by Gasteiger charge is -2.19. The van der Waals surface area contributed by atoms with Crippen LogP contribution in [0.25, 0.3) is 0 Å². The Morgan fingerprint density at radius 2 is 1.95 bits per heavy atom. The minimum atomic E-state index is 0.772. The summed E-state index contributed by atoms with van der Waals surface area (Å²) in [6.07, 6.45) is 0. The van der Waals surface area contributed by atoms with Crippen LogP contribution in [0.15, 0.2) is 24.3 Å². The third kappa shape index (κ3) is 6.57. The number of nitrogens with zero attached hydrogens (tertiary/aromatic N) is 2.